The molecule has 1 aliphatic carbocycles. The normalized spacial score (nSPS) is 15.7. The summed E-state index contributed by atoms with van der Waals surface area (Å²) >= 11 is 0. The zero-order chi connectivity index (χ0) is 33.8. The van der Waals surface area contributed by atoms with Crippen molar-refractivity contribution >= 4 is 33.2 Å². The average Bonchev–Trinajstić information content (AvgIpc) is 3.70. The Balaban J connectivity index is 1.17. The molecule has 0 saturated carbocycles. The molecular formula is C45H27N5. The van der Waals surface area contributed by atoms with Crippen LogP contribution in [0.3, 0.4) is 0 Å². The molecule has 6 aromatic carbocycles. The van der Waals surface area contributed by atoms with Crippen LogP contribution in [-0.4, -0.2) is 10.6 Å². The Morgan fingerprint density at radius 3 is 1.90 bits per heavy atom. The first-order valence-electron chi connectivity index (χ1n) is 16.5. The maximum Gasteiger partial charge on any atom is 0.101 e. The Morgan fingerprint density at radius 2 is 1.20 bits per heavy atom. The molecule has 0 fully saturated rings. The summed E-state index contributed by atoms with van der Waals surface area (Å²) in [5.74, 6) is 0.0711. The van der Waals surface area contributed by atoms with Crippen molar-refractivity contribution in [1.82, 2.24) is 4.57 Å². The van der Waals surface area contributed by atoms with Crippen molar-refractivity contribution in [1.29, 1.82) is 15.8 Å². The van der Waals surface area contributed by atoms with Crippen LogP contribution in [0.2, 0.25) is 0 Å². The molecule has 0 bridgehead atoms. The van der Waals surface area contributed by atoms with E-state index in [4.69, 9.17) is 0 Å². The standard InChI is InChI=1S/C45H27N5/c46-26-29-17-22-45-39(23-29)37-12-4-6-14-42(37)49(45)33-24-32(27-47)40(28-48)38(25-33)31-20-18-30(19-21-31)34-9-1-5-13-41(34)50-43-15-7-2-10-35(43)36-11-3-8-16-44(36)50/h1-25,37,42H. The molecule has 2 heterocycles. The lowest BCUT2D eigenvalue weighted by Crippen LogP contribution is -2.28. The second-order valence-electron chi connectivity index (χ2n) is 12.6. The van der Waals surface area contributed by atoms with E-state index >= 15 is 0 Å². The van der Waals surface area contributed by atoms with Crippen LogP contribution in [0.1, 0.15) is 28.2 Å². The number of para-hydroxylation sites is 3. The summed E-state index contributed by atoms with van der Waals surface area (Å²) in [6.45, 7) is 0. The first kappa shape index (κ1) is 29.0. The van der Waals surface area contributed by atoms with Gasteiger partial charge in [-0.3, -0.25) is 0 Å². The van der Waals surface area contributed by atoms with Crippen molar-refractivity contribution in [3.05, 3.63) is 174 Å². The van der Waals surface area contributed by atoms with Crippen molar-refractivity contribution in [2.75, 3.05) is 4.90 Å². The van der Waals surface area contributed by atoms with E-state index < -0.39 is 0 Å². The van der Waals surface area contributed by atoms with Crippen LogP contribution in [0.5, 0.6) is 0 Å². The second-order valence-corrected chi connectivity index (χ2v) is 12.6. The van der Waals surface area contributed by atoms with E-state index in [1.165, 1.54) is 10.8 Å². The van der Waals surface area contributed by atoms with Crippen molar-refractivity contribution in [3.8, 4) is 46.1 Å². The molecule has 2 unspecified atom stereocenters. The summed E-state index contributed by atoms with van der Waals surface area (Å²) in [5, 5.41) is 32.6. The molecule has 2 atom stereocenters. The highest BCUT2D eigenvalue weighted by atomic mass is 15.2. The van der Waals surface area contributed by atoms with Crippen LogP contribution in [-0.2, 0) is 0 Å². The molecule has 9 rings (SSSR count). The van der Waals surface area contributed by atoms with Crippen LogP contribution < -0.4 is 4.90 Å². The Labute approximate surface area is 289 Å². The number of rotatable bonds is 4. The van der Waals surface area contributed by atoms with Gasteiger partial charge in [0.2, 0.25) is 0 Å². The molecule has 0 amide bonds. The number of aromatic nitrogens is 1. The SMILES string of the molecule is N#Cc1ccc2c(c1)C1C=CC=CC1N2c1cc(C#N)c(C#N)c(-c2ccc(-c3ccccc3-n3c4ccccc4c4ccccc43)cc2)c1. The Morgan fingerprint density at radius 1 is 0.540 bits per heavy atom. The number of benzene rings is 6. The largest absolute Gasteiger partial charge is 0.333 e. The van der Waals surface area contributed by atoms with Gasteiger partial charge in [-0.25, -0.2) is 0 Å². The Kier molecular flexibility index (Phi) is 6.70. The predicted octanol–water partition coefficient (Wildman–Crippen LogP) is 10.5. The molecule has 1 aliphatic heterocycles. The van der Waals surface area contributed by atoms with Crippen molar-refractivity contribution < 1.29 is 0 Å². The van der Waals surface area contributed by atoms with E-state index in [-0.39, 0.29) is 12.0 Å². The monoisotopic (exact) mass is 637 g/mol. The van der Waals surface area contributed by atoms with Crippen LogP contribution in [0.4, 0.5) is 11.4 Å². The van der Waals surface area contributed by atoms with Crippen LogP contribution in [0.25, 0.3) is 49.7 Å². The van der Waals surface area contributed by atoms with Crippen molar-refractivity contribution in [3.63, 3.8) is 0 Å². The first-order valence-corrected chi connectivity index (χ1v) is 16.5. The molecule has 0 radical (unpaired) electrons. The quantitative estimate of drug-likeness (QED) is 0.192. The maximum absolute atomic E-state index is 10.3. The summed E-state index contributed by atoms with van der Waals surface area (Å²) in [6.07, 6.45) is 8.40. The Hall–Kier alpha value is -7.13. The van der Waals surface area contributed by atoms with E-state index in [0.717, 1.165) is 50.3 Å². The molecule has 1 aromatic heterocycles. The lowest BCUT2D eigenvalue weighted by Gasteiger charge is -2.29. The highest BCUT2D eigenvalue weighted by Gasteiger charge is 2.38. The average molecular weight is 638 g/mol. The van der Waals surface area contributed by atoms with Gasteiger partial charge >= 0.3 is 0 Å². The van der Waals surface area contributed by atoms with E-state index in [1.807, 2.05) is 54.6 Å². The van der Waals surface area contributed by atoms with E-state index in [0.29, 0.717) is 22.3 Å². The van der Waals surface area contributed by atoms with Gasteiger partial charge in [0.25, 0.3) is 0 Å². The van der Waals surface area contributed by atoms with Gasteiger partial charge in [-0.05, 0) is 65.2 Å². The minimum absolute atomic E-state index is 0.0176. The lowest BCUT2D eigenvalue weighted by molar-refractivity contribution is 0.744. The van der Waals surface area contributed by atoms with Gasteiger partial charge in [-0.2, -0.15) is 15.8 Å². The predicted molar refractivity (Wildman–Crippen MR) is 199 cm³/mol. The van der Waals surface area contributed by atoms with Crippen LogP contribution in [0.15, 0.2) is 152 Å². The number of nitrogens with zero attached hydrogens (tertiary/aromatic N) is 5. The molecule has 5 heteroatoms. The fourth-order valence-corrected chi connectivity index (χ4v) is 7.84. The van der Waals surface area contributed by atoms with Gasteiger partial charge in [0, 0.05) is 39.2 Å². The molecule has 232 valence electrons. The summed E-state index contributed by atoms with van der Waals surface area (Å²) in [5.41, 5.74) is 11.3. The fraction of sp³-hybridized carbons (Fsp3) is 0.0444. The summed E-state index contributed by atoms with van der Waals surface area (Å²) in [7, 11) is 0. The number of hydrogen-bond acceptors (Lipinski definition) is 4. The fourth-order valence-electron chi connectivity index (χ4n) is 7.84. The number of fused-ring (bicyclic) bond motifs is 6. The smallest absolute Gasteiger partial charge is 0.101 e. The zero-order valence-corrected chi connectivity index (χ0v) is 26.8. The summed E-state index contributed by atoms with van der Waals surface area (Å²) < 4.78 is 2.33. The van der Waals surface area contributed by atoms with E-state index in [1.54, 1.807) is 0 Å². The van der Waals surface area contributed by atoms with Gasteiger partial charge in [0.15, 0.2) is 0 Å². The first-order chi connectivity index (χ1) is 24.7. The second kappa shape index (κ2) is 11.5. The molecule has 50 heavy (non-hydrogen) atoms. The summed E-state index contributed by atoms with van der Waals surface area (Å²) in [4.78, 5) is 2.23. The van der Waals surface area contributed by atoms with Crippen LogP contribution in [0, 0.1) is 34.0 Å². The van der Waals surface area contributed by atoms with E-state index in [2.05, 4.69) is 125 Å². The van der Waals surface area contributed by atoms with Gasteiger partial charge in [0.1, 0.15) is 12.1 Å². The number of anilines is 2. The molecular weight excluding hydrogens is 611 g/mol. The molecule has 0 saturated heterocycles. The zero-order valence-electron chi connectivity index (χ0n) is 26.8. The molecule has 0 spiro atoms. The van der Waals surface area contributed by atoms with Gasteiger partial charge in [-0.15, -0.1) is 0 Å². The minimum atomic E-state index is -0.0176. The third kappa shape index (κ3) is 4.37. The van der Waals surface area contributed by atoms with Gasteiger partial charge in [0.05, 0.1) is 45.5 Å². The molecule has 5 nitrogen and oxygen atoms in total. The third-order valence-electron chi connectivity index (χ3n) is 10.0. The number of hydrogen-bond donors (Lipinski definition) is 0. The van der Waals surface area contributed by atoms with Gasteiger partial charge < -0.3 is 9.47 Å². The molecule has 0 N–H and O–H groups in total. The van der Waals surface area contributed by atoms with Crippen molar-refractivity contribution in [2.45, 2.75) is 12.0 Å². The van der Waals surface area contributed by atoms with Gasteiger partial charge in [-0.1, -0.05) is 103 Å². The molecule has 2 aliphatic rings. The van der Waals surface area contributed by atoms with Crippen molar-refractivity contribution in [2.24, 2.45) is 0 Å². The topological polar surface area (TPSA) is 79.5 Å². The highest BCUT2D eigenvalue weighted by molar-refractivity contribution is 6.09. The minimum Gasteiger partial charge on any atom is -0.333 e. The summed E-state index contributed by atoms with van der Waals surface area (Å²) in [6, 6.07) is 50.2. The highest BCUT2D eigenvalue weighted by Crippen LogP contribution is 2.49. The third-order valence-corrected chi connectivity index (χ3v) is 10.0. The maximum atomic E-state index is 10.3. The number of nitriles is 3. The molecule has 7 aromatic rings. The van der Waals surface area contributed by atoms with E-state index in [9.17, 15) is 15.8 Å². The lowest BCUT2D eigenvalue weighted by atomic mass is 9.90. The Bertz CT molecular complexity index is 2650. The number of allylic oxidation sites excluding steroid dienone is 2. The van der Waals surface area contributed by atoms with Crippen LogP contribution >= 0.6 is 0 Å².